The van der Waals surface area contributed by atoms with E-state index in [9.17, 15) is 0 Å². The van der Waals surface area contributed by atoms with Crippen molar-refractivity contribution in [2.45, 2.75) is 0 Å². The molecule has 0 atom stereocenters. The molecule has 2 heterocycles. The Labute approximate surface area is 353 Å². The second-order valence-corrected chi connectivity index (χ2v) is 15.3. The molecule has 11 rings (SSSR count). The van der Waals surface area contributed by atoms with Gasteiger partial charge in [0.1, 0.15) is 0 Å². The molecule has 4 nitrogen and oxygen atoms in total. The molecule has 0 spiro atoms. The zero-order valence-electron chi connectivity index (χ0n) is 33.3. The Morgan fingerprint density at radius 2 is 0.934 bits per heavy atom. The number of hydrogen-bond acceptors (Lipinski definition) is 3. The van der Waals surface area contributed by atoms with Gasteiger partial charge in [-0.2, -0.15) is 0 Å². The predicted molar refractivity (Wildman–Crippen MR) is 257 cm³/mol. The van der Waals surface area contributed by atoms with Crippen LogP contribution < -0.4 is 0 Å². The summed E-state index contributed by atoms with van der Waals surface area (Å²) < 4.78 is 2.45. The van der Waals surface area contributed by atoms with Crippen LogP contribution in [0, 0.1) is 0 Å². The highest BCUT2D eigenvalue weighted by molar-refractivity contribution is 6.28. The third kappa shape index (κ3) is 6.12. The Kier molecular flexibility index (Phi) is 8.75. The summed E-state index contributed by atoms with van der Waals surface area (Å²) in [5.41, 5.74) is 10.7. The smallest absolute Gasteiger partial charge is 0.164 e. The maximum Gasteiger partial charge on any atom is 0.164 e. The summed E-state index contributed by atoms with van der Waals surface area (Å²) in [6, 6.07) is 67.2. The van der Waals surface area contributed by atoms with Crippen LogP contribution in [0.25, 0.3) is 110 Å². The van der Waals surface area contributed by atoms with Crippen molar-refractivity contribution in [3.63, 3.8) is 0 Å². The molecule has 61 heavy (non-hydrogen) atoms. The van der Waals surface area contributed by atoms with Gasteiger partial charge in [0.15, 0.2) is 17.5 Å². The predicted octanol–water partition coefficient (Wildman–Crippen LogP) is 14.9. The third-order valence-corrected chi connectivity index (χ3v) is 11.8. The number of benzene rings is 9. The molecule has 0 amide bonds. The normalized spacial score (nSPS) is 11.8. The van der Waals surface area contributed by atoms with Gasteiger partial charge in [0, 0.05) is 38.5 Å². The average molecular weight is 779 g/mol. The molecule has 0 saturated heterocycles. The molecule has 0 bridgehead atoms. The van der Waals surface area contributed by atoms with Crippen molar-refractivity contribution >= 4 is 59.7 Å². The van der Waals surface area contributed by atoms with Crippen molar-refractivity contribution in [3.8, 4) is 50.7 Å². The van der Waals surface area contributed by atoms with E-state index in [1.165, 1.54) is 43.8 Å². The first-order valence-corrected chi connectivity index (χ1v) is 20.5. The van der Waals surface area contributed by atoms with Crippen LogP contribution in [0.3, 0.4) is 0 Å². The van der Waals surface area contributed by atoms with E-state index in [1.807, 2.05) is 36.4 Å². The van der Waals surface area contributed by atoms with Crippen LogP contribution in [-0.4, -0.2) is 19.5 Å². The molecule has 0 saturated carbocycles. The summed E-state index contributed by atoms with van der Waals surface area (Å²) in [7, 11) is 0. The van der Waals surface area contributed by atoms with E-state index in [-0.39, 0.29) is 0 Å². The highest BCUT2D eigenvalue weighted by Crippen LogP contribution is 2.43. The van der Waals surface area contributed by atoms with Gasteiger partial charge in [0.25, 0.3) is 0 Å². The van der Waals surface area contributed by atoms with Crippen LogP contribution in [0.2, 0.25) is 0 Å². The third-order valence-electron chi connectivity index (χ3n) is 11.8. The average Bonchev–Trinajstić information content (AvgIpc) is 3.66. The fourth-order valence-electron chi connectivity index (χ4n) is 8.94. The van der Waals surface area contributed by atoms with Crippen molar-refractivity contribution in [2.24, 2.45) is 0 Å². The van der Waals surface area contributed by atoms with Gasteiger partial charge in [-0.3, -0.25) is 0 Å². The Morgan fingerprint density at radius 1 is 0.410 bits per heavy atom. The highest BCUT2D eigenvalue weighted by atomic mass is 15.0. The summed E-state index contributed by atoms with van der Waals surface area (Å²) in [6.45, 7) is 8.01. The molecule has 0 radical (unpaired) electrons. The Morgan fingerprint density at radius 3 is 1.54 bits per heavy atom. The molecule has 4 heteroatoms. The fourth-order valence-corrected chi connectivity index (χ4v) is 8.94. The van der Waals surface area contributed by atoms with Gasteiger partial charge in [0.05, 0.1) is 11.0 Å². The van der Waals surface area contributed by atoms with Gasteiger partial charge in [-0.25, -0.2) is 15.0 Å². The maximum absolute atomic E-state index is 5.17. The molecule has 11 aromatic rings. The SMILES string of the molecule is C=C/C=C(\C=C)c1nc(-c2ccccc2)nc(-c2cccc3c4ccccc4c4cc(-n5c6cc(-c7ccccc7)ccc6c6ccc(-c7ccccc7)cc65)ccc4c23)n1. The summed E-state index contributed by atoms with van der Waals surface area (Å²) in [5, 5.41) is 9.28. The standard InChI is InChI=1S/C57H38N4/c1-3-17-37(4-2)55-58-56(40-22-12-7-13-23-40)60-57(59-55)50-27-16-26-48-44-24-14-15-25-45(44)51-36-43(30-33-49(51)54(48)50)61-52-34-41(38-18-8-5-9-19-38)28-31-46(52)47-32-29-42(35-53(47)61)39-20-10-6-11-21-39/h3-36H,1-2H2/b37-17+. The van der Waals surface area contributed by atoms with Crippen LogP contribution >= 0.6 is 0 Å². The first-order valence-electron chi connectivity index (χ1n) is 20.5. The zero-order chi connectivity index (χ0) is 40.9. The lowest BCUT2D eigenvalue weighted by Gasteiger charge is -2.16. The second-order valence-electron chi connectivity index (χ2n) is 15.3. The Balaban J connectivity index is 1.21. The van der Waals surface area contributed by atoms with Gasteiger partial charge in [-0.05, 0) is 73.5 Å². The number of aromatic nitrogens is 4. The molecular formula is C57H38N4. The number of fused-ring (bicyclic) bond motifs is 9. The van der Waals surface area contributed by atoms with Crippen molar-refractivity contribution in [1.82, 2.24) is 19.5 Å². The van der Waals surface area contributed by atoms with Crippen molar-refractivity contribution < 1.29 is 0 Å². The minimum Gasteiger partial charge on any atom is -0.309 e. The van der Waals surface area contributed by atoms with Crippen LogP contribution in [0.1, 0.15) is 5.82 Å². The minimum absolute atomic E-state index is 0.541. The van der Waals surface area contributed by atoms with Gasteiger partial charge in [0.2, 0.25) is 0 Å². The largest absolute Gasteiger partial charge is 0.309 e. The van der Waals surface area contributed by atoms with Crippen LogP contribution in [0.4, 0.5) is 0 Å². The summed E-state index contributed by atoms with van der Waals surface area (Å²) in [4.78, 5) is 15.2. The van der Waals surface area contributed by atoms with Crippen molar-refractivity contribution in [3.05, 3.63) is 225 Å². The molecule has 0 aliphatic carbocycles. The van der Waals surface area contributed by atoms with Crippen LogP contribution in [-0.2, 0) is 0 Å². The topological polar surface area (TPSA) is 43.6 Å². The Bertz CT molecular complexity index is 3450. The zero-order valence-corrected chi connectivity index (χ0v) is 33.3. The van der Waals surface area contributed by atoms with Crippen LogP contribution in [0.5, 0.6) is 0 Å². The first kappa shape index (κ1) is 35.9. The van der Waals surface area contributed by atoms with Gasteiger partial charge in [-0.1, -0.05) is 195 Å². The number of hydrogen-bond donors (Lipinski definition) is 0. The second kappa shape index (κ2) is 14.9. The van der Waals surface area contributed by atoms with Crippen LogP contribution in [0.15, 0.2) is 219 Å². The number of nitrogens with zero attached hydrogens (tertiary/aromatic N) is 4. The summed E-state index contributed by atoms with van der Waals surface area (Å²) in [6.07, 6.45) is 5.39. The number of allylic oxidation sites excluding steroid dienone is 4. The molecule has 0 N–H and O–H groups in total. The van der Waals surface area contributed by atoms with E-state index in [1.54, 1.807) is 12.2 Å². The van der Waals surface area contributed by atoms with E-state index < -0.39 is 0 Å². The molecule has 2 aromatic heterocycles. The molecule has 286 valence electrons. The highest BCUT2D eigenvalue weighted by Gasteiger charge is 2.20. The van der Waals surface area contributed by atoms with Gasteiger partial charge < -0.3 is 4.57 Å². The fraction of sp³-hybridized carbons (Fsp3) is 0. The van der Waals surface area contributed by atoms with Gasteiger partial charge >= 0.3 is 0 Å². The summed E-state index contributed by atoms with van der Waals surface area (Å²) in [5.74, 6) is 1.73. The lowest BCUT2D eigenvalue weighted by molar-refractivity contribution is 1.04. The van der Waals surface area contributed by atoms with E-state index >= 15 is 0 Å². The van der Waals surface area contributed by atoms with E-state index in [4.69, 9.17) is 15.0 Å². The van der Waals surface area contributed by atoms with Crippen molar-refractivity contribution in [2.75, 3.05) is 0 Å². The van der Waals surface area contributed by atoms with E-state index in [0.29, 0.717) is 17.5 Å². The van der Waals surface area contributed by atoms with E-state index in [0.717, 1.165) is 55.0 Å². The molecule has 9 aromatic carbocycles. The minimum atomic E-state index is 0.541. The lowest BCUT2D eigenvalue weighted by Crippen LogP contribution is -2.03. The first-order chi connectivity index (χ1) is 30.2. The molecule has 0 aliphatic rings. The number of rotatable bonds is 8. The monoisotopic (exact) mass is 778 g/mol. The van der Waals surface area contributed by atoms with Crippen molar-refractivity contribution in [1.29, 1.82) is 0 Å². The molecular weight excluding hydrogens is 741 g/mol. The Hall–Kier alpha value is -8.21. The van der Waals surface area contributed by atoms with E-state index in [2.05, 4.69) is 175 Å². The maximum atomic E-state index is 5.17. The molecule has 0 unspecified atom stereocenters. The molecule has 0 aliphatic heterocycles. The lowest BCUT2D eigenvalue weighted by atomic mass is 9.91. The quantitative estimate of drug-likeness (QED) is 0.114. The molecule has 0 fully saturated rings. The van der Waals surface area contributed by atoms with Gasteiger partial charge in [-0.15, -0.1) is 0 Å². The summed E-state index contributed by atoms with van der Waals surface area (Å²) >= 11 is 0.